The van der Waals surface area contributed by atoms with Crippen molar-refractivity contribution in [3.63, 3.8) is 0 Å². The molecule has 4 nitrogen and oxygen atoms in total. The van der Waals surface area contributed by atoms with Crippen molar-refractivity contribution < 1.29 is 9.53 Å². The maximum Gasteiger partial charge on any atom is 0.238 e. The molecule has 4 unspecified atom stereocenters. The van der Waals surface area contributed by atoms with Crippen LogP contribution in [0.15, 0.2) is 0 Å². The molecule has 2 saturated carbocycles. The number of carbonyl (C=O) groups excluding carboxylic acids is 1. The summed E-state index contributed by atoms with van der Waals surface area (Å²) in [6.45, 7) is 5.40. The molecular weight excluding hydrogens is 264 g/mol. The average molecular weight is 296 g/mol. The smallest absolute Gasteiger partial charge is 0.238 e. The first kappa shape index (κ1) is 16.8. The highest BCUT2D eigenvalue weighted by Crippen LogP contribution is 2.38. The predicted molar refractivity (Wildman–Crippen MR) is 84.9 cm³/mol. The molecule has 0 heterocycles. The van der Waals surface area contributed by atoms with Crippen molar-refractivity contribution in [1.82, 2.24) is 5.32 Å². The second-order valence-electron chi connectivity index (χ2n) is 7.37. The van der Waals surface area contributed by atoms with Gasteiger partial charge in [-0.25, -0.2) is 0 Å². The van der Waals surface area contributed by atoms with Gasteiger partial charge < -0.3 is 15.8 Å². The lowest BCUT2D eigenvalue weighted by Crippen LogP contribution is -2.56. The number of ether oxygens (including phenoxy) is 1. The first-order valence-corrected chi connectivity index (χ1v) is 8.58. The second-order valence-corrected chi connectivity index (χ2v) is 7.37. The Morgan fingerprint density at radius 2 is 1.95 bits per heavy atom. The van der Waals surface area contributed by atoms with Crippen LogP contribution >= 0.6 is 0 Å². The molecule has 2 rings (SSSR count). The molecule has 4 atom stereocenters. The third kappa shape index (κ3) is 3.78. The van der Waals surface area contributed by atoms with Crippen LogP contribution in [0.5, 0.6) is 0 Å². The quantitative estimate of drug-likeness (QED) is 0.791. The van der Waals surface area contributed by atoms with Crippen molar-refractivity contribution in [3.05, 3.63) is 0 Å². The molecule has 0 aliphatic heterocycles. The third-order valence-electron chi connectivity index (χ3n) is 5.66. The van der Waals surface area contributed by atoms with Gasteiger partial charge in [-0.2, -0.15) is 0 Å². The van der Waals surface area contributed by atoms with Crippen LogP contribution in [0.1, 0.15) is 58.8 Å². The Kier molecular flexibility index (Phi) is 5.67. The van der Waals surface area contributed by atoms with Crippen molar-refractivity contribution in [1.29, 1.82) is 0 Å². The maximum absolute atomic E-state index is 11.8. The fraction of sp³-hybridized carbons (Fsp3) is 0.941. The Hall–Kier alpha value is -0.610. The van der Waals surface area contributed by atoms with Crippen LogP contribution in [0.2, 0.25) is 0 Å². The minimum Gasteiger partial charge on any atom is -0.378 e. The highest BCUT2D eigenvalue weighted by Gasteiger charge is 2.46. The van der Waals surface area contributed by atoms with E-state index in [1.807, 2.05) is 7.05 Å². The Balaban J connectivity index is 1.81. The topological polar surface area (TPSA) is 64.3 Å². The van der Waals surface area contributed by atoms with Gasteiger partial charge in [0, 0.05) is 6.61 Å². The minimum atomic E-state index is -0.503. The van der Waals surface area contributed by atoms with Gasteiger partial charge >= 0.3 is 0 Å². The van der Waals surface area contributed by atoms with Gasteiger partial charge in [-0.1, -0.05) is 20.3 Å². The molecular formula is C17H32N2O2. The third-order valence-corrected chi connectivity index (χ3v) is 5.66. The highest BCUT2D eigenvalue weighted by molar-refractivity contribution is 5.85. The molecule has 0 aromatic heterocycles. The summed E-state index contributed by atoms with van der Waals surface area (Å²) in [5, 5.41) is 3.20. The van der Waals surface area contributed by atoms with E-state index in [0.29, 0.717) is 12.0 Å². The fourth-order valence-electron chi connectivity index (χ4n) is 4.63. The normalized spacial score (nSPS) is 40.3. The zero-order chi connectivity index (χ0) is 15.5. The Labute approximate surface area is 129 Å². The summed E-state index contributed by atoms with van der Waals surface area (Å²) in [4.78, 5) is 11.8. The van der Waals surface area contributed by atoms with E-state index in [9.17, 15) is 4.79 Å². The molecule has 0 aromatic rings. The number of nitrogens with one attached hydrogen (secondary N) is 1. The summed E-state index contributed by atoms with van der Waals surface area (Å²) in [5.41, 5.74) is 5.14. The lowest BCUT2D eigenvalue weighted by molar-refractivity contribution is -0.126. The predicted octanol–water partition coefficient (Wildman–Crippen LogP) is 2.46. The largest absolute Gasteiger partial charge is 0.378 e. The van der Waals surface area contributed by atoms with E-state index < -0.39 is 5.54 Å². The van der Waals surface area contributed by atoms with E-state index >= 15 is 0 Å². The van der Waals surface area contributed by atoms with Gasteiger partial charge in [0.1, 0.15) is 5.54 Å². The highest BCUT2D eigenvalue weighted by atomic mass is 16.5. The summed E-state index contributed by atoms with van der Waals surface area (Å²) in [6, 6.07) is 0. The molecule has 21 heavy (non-hydrogen) atoms. The summed E-state index contributed by atoms with van der Waals surface area (Å²) >= 11 is 0. The van der Waals surface area contributed by atoms with Gasteiger partial charge in [-0.3, -0.25) is 4.79 Å². The van der Waals surface area contributed by atoms with E-state index in [4.69, 9.17) is 10.5 Å². The monoisotopic (exact) mass is 296 g/mol. The first-order chi connectivity index (χ1) is 9.98. The minimum absolute atomic E-state index is 0.201. The second kappa shape index (κ2) is 7.10. The summed E-state index contributed by atoms with van der Waals surface area (Å²) in [5.74, 6) is 1.66. The number of nitrogens with two attached hydrogens (primary N) is 1. The van der Waals surface area contributed by atoms with Crippen LogP contribution in [-0.4, -0.2) is 31.2 Å². The van der Waals surface area contributed by atoms with Crippen molar-refractivity contribution in [2.75, 3.05) is 13.7 Å². The van der Waals surface area contributed by atoms with Gasteiger partial charge in [-0.15, -0.1) is 0 Å². The SMILES string of the molecule is CNC1(C(N)=O)CCCC1CCOC1CC(C)CC(C)C1. The van der Waals surface area contributed by atoms with E-state index in [0.717, 1.165) is 44.1 Å². The zero-order valence-corrected chi connectivity index (χ0v) is 13.9. The number of hydrogen-bond acceptors (Lipinski definition) is 3. The van der Waals surface area contributed by atoms with Crippen molar-refractivity contribution >= 4 is 5.91 Å². The molecule has 0 bridgehead atoms. The summed E-state index contributed by atoms with van der Waals surface area (Å²) < 4.78 is 6.12. The van der Waals surface area contributed by atoms with Crippen LogP contribution < -0.4 is 11.1 Å². The van der Waals surface area contributed by atoms with Crippen LogP contribution in [0.4, 0.5) is 0 Å². The summed E-state index contributed by atoms with van der Waals surface area (Å²) in [6.07, 6.45) is 8.04. The Morgan fingerprint density at radius 3 is 2.52 bits per heavy atom. The summed E-state index contributed by atoms with van der Waals surface area (Å²) in [7, 11) is 1.86. The average Bonchev–Trinajstić information content (AvgIpc) is 2.82. The van der Waals surface area contributed by atoms with Gasteiger partial charge in [0.05, 0.1) is 6.10 Å². The van der Waals surface area contributed by atoms with Gasteiger partial charge in [0.25, 0.3) is 0 Å². The molecule has 0 aromatic carbocycles. The molecule has 0 saturated heterocycles. The number of carbonyl (C=O) groups is 1. The van der Waals surface area contributed by atoms with Gasteiger partial charge in [-0.05, 0) is 63.3 Å². The van der Waals surface area contributed by atoms with Crippen molar-refractivity contribution in [2.45, 2.75) is 70.4 Å². The van der Waals surface area contributed by atoms with E-state index in [1.54, 1.807) is 0 Å². The van der Waals surface area contributed by atoms with Gasteiger partial charge in [0.15, 0.2) is 0 Å². The fourth-order valence-corrected chi connectivity index (χ4v) is 4.63. The van der Waals surface area contributed by atoms with Crippen LogP contribution in [0, 0.1) is 17.8 Å². The number of amides is 1. The molecule has 2 aliphatic rings. The van der Waals surface area contributed by atoms with Crippen LogP contribution in [0.25, 0.3) is 0 Å². The first-order valence-electron chi connectivity index (χ1n) is 8.58. The number of primary amides is 1. The Bertz CT molecular complexity index is 351. The molecule has 2 aliphatic carbocycles. The van der Waals surface area contributed by atoms with E-state index in [2.05, 4.69) is 19.2 Å². The Morgan fingerprint density at radius 1 is 1.29 bits per heavy atom. The molecule has 3 N–H and O–H groups in total. The molecule has 1 amide bonds. The molecule has 0 spiro atoms. The molecule has 122 valence electrons. The van der Waals surface area contributed by atoms with E-state index in [-0.39, 0.29) is 5.91 Å². The molecule has 2 fully saturated rings. The number of hydrogen-bond donors (Lipinski definition) is 2. The zero-order valence-electron chi connectivity index (χ0n) is 13.9. The van der Waals surface area contributed by atoms with Crippen LogP contribution in [-0.2, 0) is 9.53 Å². The lowest BCUT2D eigenvalue weighted by atomic mass is 9.81. The number of likely N-dealkylation sites (N-methyl/N-ethyl adjacent to an activating group) is 1. The van der Waals surface area contributed by atoms with Crippen LogP contribution in [0.3, 0.4) is 0 Å². The van der Waals surface area contributed by atoms with Gasteiger partial charge in [0.2, 0.25) is 5.91 Å². The standard InChI is InChI=1S/C17H32N2O2/c1-12-9-13(2)11-15(10-12)21-8-6-14-5-4-7-17(14,19-3)16(18)20/h12-15,19H,4-11H2,1-3H3,(H2,18,20). The maximum atomic E-state index is 11.8. The molecule has 0 radical (unpaired) electrons. The van der Waals surface area contributed by atoms with E-state index in [1.165, 1.54) is 19.3 Å². The van der Waals surface area contributed by atoms with Crippen molar-refractivity contribution in [3.8, 4) is 0 Å². The molecule has 4 heteroatoms. The number of rotatable bonds is 6. The van der Waals surface area contributed by atoms with Crippen molar-refractivity contribution in [2.24, 2.45) is 23.5 Å². The lowest BCUT2D eigenvalue weighted by Gasteiger charge is -2.34.